The van der Waals surface area contributed by atoms with E-state index >= 15 is 0 Å². The Balaban J connectivity index is 2.10. The van der Waals surface area contributed by atoms with Gasteiger partial charge in [-0.05, 0) is 0 Å². The zero-order valence-corrected chi connectivity index (χ0v) is 14.5. The maximum atomic E-state index is 12.2. The van der Waals surface area contributed by atoms with Crippen LogP contribution in [0.3, 0.4) is 0 Å². The normalized spacial score (nSPS) is 11.5. The van der Waals surface area contributed by atoms with Crippen molar-refractivity contribution in [3.8, 4) is 23.8 Å². The van der Waals surface area contributed by atoms with E-state index in [2.05, 4.69) is 21.0 Å². The van der Waals surface area contributed by atoms with Gasteiger partial charge >= 0.3 is 0 Å². The number of thiazole rings is 1. The van der Waals surface area contributed by atoms with Gasteiger partial charge in [-0.2, -0.15) is 10.1 Å². The number of rotatable bonds is 5. The van der Waals surface area contributed by atoms with Crippen LogP contribution in [0.2, 0.25) is 0 Å². The molecule has 0 unspecified atom stereocenters. The molecule has 0 radical (unpaired) electrons. The van der Waals surface area contributed by atoms with Crippen LogP contribution in [0.25, 0.3) is 10.2 Å². The van der Waals surface area contributed by atoms with Crippen LogP contribution in [0, 0.1) is 12.3 Å². The van der Waals surface area contributed by atoms with Gasteiger partial charge in [0.2, 0.25) is 0 Å². The molecule has 0 fully saturated rings. The number of terminal acetylenes is 1. The molecule has 0 N–H and O–H groups in total. The molecule has 3 rings (SSSR count). The van der Waals surface area contributed by atoms with Gasteiger partial charge in [0, 0.05) is 12.1 Å². The van der Waals surface area contributed by atoms with Crippen LogP contribution < -0.4 is 14.3 Å². The Morgan fingerprint density at radius 3 is 2.76 bits per heavy atom. The molecule has 3 aromatic rings. The van der Waals surface area contributed by atoms with Crippen LogP contribution in [0.15, 0.2) is 29.8 Å². The molecule has 1 amide bonds. The lowest BCUT2D eigenvalue weighted by Crippen LogP contribution is -2.18. The van der Waals surface area contributed by atoms with E-state index in [1.807, 2.05) is 12.1 Å². The summed E-state index contributed by atoms with van der Waals surface area (Å²) in [5, 5.41) is 3.90. The number of carbonyl (C=O) groups excluding carboxylic acids is 1. The predicted molar refractivity (Wildman–Crippen MR) is 92.3 cm³/mol. The van der Waals surface area contributed by atoms with E-state index in [1.165, 1.54) is 28.7 Å². The van der Waals surface area contributed by atoms with Crippen LogP contribution in [0.5, 0.6) is 11.5 Å². The van der Waals surface area contributed by atoms with Crippen molar-refractivity contribution in [3.63, 3.8) is 0 Å². The molecule has 8 nitrogen and oxygen atoms in total. The molecule has 0 aliphatic rings. The predicted octanol–water partition coefficient (Wildman–Crippen LogP) is 1.07. The molecule has 128 valence electrons. The highest BCUT2D eigenvalue weighted by Crippen LogP contribution is 2.33. The van der Waals surface area contributed by atoms with Crippen molar-refractivity contribution in [2.75, 3.05) is 14.2 Å². The summed E-state index contributed by atoms with van der Waals surface area (Å²) in [6.45, 7) is 0.294. The highest BCUT2D eigenvalue weighted by Gasteiger charge is 2.13. The van der Waals surface area contributed by atoms with Crippen LogP contribution in [0.4, 0.5) is 0 Å². The lowest BCUT2D eigenvalue weighted by molar-refractivity contribution is -0.118. The fraction of sp³-hybridized carbons (Fsp3) is 0.250. The number of benzene rings is 1. The average Bonchev–Trinajstić information content (AvgIpc) is 3.22. The Hall–Kier alpha value is -3.12. The van der Waals surface area contributed by atoms with E-state index < -0.39 is 0 Å². The maximum absolute atomic E-state index is 12.2. The number of methoxy groups -OCH3 is 2. The largest absolute Gasteiger partial charge is 0.493 e. The molecular weight excluding hydrogens is 342 g/mol. The van der Waals surface area contributed by atoms with Gasteiger partial charge in [-0.3, -0.25) is 4.79 Å². The molecule has 0 aliphatic heterocycles. The van der Waals surface area contributed by atoms with E-state index in [1.54, 1.807) is 18.8 Å². The third-order valence-corrected chi connectivity index (χ3v) is 4.46. The molecule has 2 heterocycles. The van der Waals surface area contributed by atoms with Crippen LogP contribution in [-0.2, 0) is 17.9 Å². The van der Waals surface area contributed by atoms with Gasteiger partial charge in [-0.25, -0.2) is 9.67 Å². The topological polar surface area (TPSA) is 83.5 Å². The molecule has 9 heteroatoms. The minimum absolute atomic E-state index is 0.0109. The standard InChI is InChI=1S/C16H15N5O3S/c1-4-5-21-11-6-12(23-2)13(24-3)7-14(11)25-16(21)19-15(22)8-20-10-17-9-18-20/h1,6-7,9-10H,5,8H2,2-3H3. The van der Waals surface area contributed by atoms with E-state index in [0.29, 0.717) is 16.3 Å². The summed E-state index contributed by atoms with van der Waals surface area (Å²) in [6, 6.07) is 3.66. The summed E-state index contributed by atoms with van der Waals surface area (Å²) >= 11 is 1.35. The monoisotopic (exact) mass is 357 g/mol. The van der Waals surface area contributed by atoms with Gasteiger partial charge in [-0.15, -0.1) is 6.42 Å². The number of ether oxygens (including phenoxy) is 2. The summed E-state index contributed by atoms with van der Waals surface area (Å²) in [5.74, 6) is 3.42. The molecule has 0 saturated heterocycles. The average molecular weight is 357 g/mol. The number of fused-ring (bicyclic) bond motifs is 1. The molecular formula is C16H15N5O3S. The van der Waals surface area contributed by atoms with Crippen molar-refractivity contribution in [2.24, 2.45) is 4.99 Å². The zero-order valence-electron chi connectivity index (χ0n) is 13.7. The quantitative estimate of drug-likeness (QED) is 0.638. The fourth-order valence-corrected chi connectivity index (χ4v) is 3.38. The summed E-state index contributed by atoms with van der Waals surface area (Å²) < 4.78 is 14.8. The lowest BCUT2D eigenvalue weighted by atomic mass is 10.3. The Morgan fingerprint density at radius 2 is 2.12 bits per heavy atom. The first-order valence-electron chi connectivity index (χ1n) is 7.25. The Bertz CT molecular complexity index is 1010. The molecule has 25 heavy (non-hydrogen) atoms. The molecule has 0 saturated carbocycles. The summed E-state index contributed by atoms with van der Waals surface area (Å²) in [6.07, 6.45) is 8.30. The number of amides is 1. The zero-order chi connectivity index (χ0) is 17.8. The van der Waals surface area contributed by atoms with Crippen molar-refractivity contribution < 1.29 is 14.3 Å². The molecule has 0 atom stereocenters. The van der Waals surface area contributed by atoms with Crippen molar-refractivity contribution in [1.29, 1.82) is 0 Å². The van der Waals surface area contributed by atoms with Gasteiger partial charge in [0.15, 0.2) is 16.3 Å². The van der Waals surface area contributed by atoms with Gasteiger partial charge in [0.25, 0.3) is 5.91 Å². The van der Waals surface area contributed by atoms with Crippen molar-refractivity contribution >= 4 is 27.5 Å². The van der Waals surface area contributed by atoms with E-state index in [4.69, 9.17) is 15.9 Å². The lowest BCUT2D eigenvalue weighted by Gasteiger charge is -2.08. The van der Waals surface area contributed by atoms with Crippen LogP contribution in [-0.4, -0.2) is 39.5 Å². The van der Waals surface area contributed by atoms with Gasteiger partial charge in [0.1, 0.15) is 19.2 Å². The molecule has 0 bridgehead atoms. The van der Waals surface area contributed by atoms with E-state index in [0.717, 1.165) is 10.2 Å². The Kier molecular flexibility index (Phi) is 4.81. The highest BCUT2D eigenvalue weighted by atomic mass is 32.1. The summed E-state index contributed by atoms with van der Waals surface area (Å²) in [4.78, 5) is 20.7. The summed E-state index contributed by atoms with van der Waals surface area (Å²) in [5.41, 5.74) is 0.827. The number of aromatic nitrogens is 4. The van der Waals surface area contributed by atoms with Crippen molar-refractivity contribution in [1.82, 2.24) is 19.3 Å². The van der Waals surface area contributed by atoms with E-state index in [9.17, 15) is 4.79 Å². The minimum atomic E-state index is -0.346. The molecule has 0 spiro atoms. The number of carbonyl (C=O) groups is 1. The minimum Gasteiger partial charge on any atom is -0.493 e. The highest BCUT2D eigenvalue weighted by molar-refractivity contribution is 7.16. The van der Waals surface area contributed by atoms with Gasteiger partial charge < -0.3 is 14.0 Å². The second-order valence-corrected chi connectivity index (χ2v) is 5.96. The van der Waals surface area contributed by atoms with Crippen molar-refractivity contribution in [3.05, 3.63) is 29.6 Å². The van der Waals surface area contributed by atoms with E-state index in [-0.39, 0.29) is 19.0 Å². The number of hydrogen-bond donors (Lipinski definition) is 0. The Morgan fingerprint density at radius 1 is 1.36 bits per heavy atom. The Labute approximate surface area is 147 Å². The van der Waals surface area contributed by atoms with Gasteiger partial charge in [0.05, 0.1) is 31.0 Å². The van der Waals surface area contributed by atoms with Gasteiger partial charge in [-0.1, -0.05) is 17.3 Å². The molecule has 1 aromatic carbocycles. The first-order chi connectivity index (χ1) is 12.2. The fourth-order valence-electron chi connectivity index (χ4n) is 2.32. The van der Waals surface area contributed by atoms with Crippen molar-refractivity contribution in [2.45, 2.75) is 13.1 Å². The number of hydrogen-bond acceptors (Lipinski definition) is 6. The summed E-state index contributed by atoms with van der Waals surface area (Å²) in [7, 11) is 3.13. The number of nitrogens with zero attached hydrogens (tertiary/aromatic N) is 5. The molecule has 0 aliphatic carbocycles. The molecule has 2 aromatic heterocycles. The SMILES string of the molecule is C#CCn1c(=NC(=O)Cn2cncn2)sc2cc(OC)c(OC)cc21. The second kappa shape index (κ2) is 7.19. The van der Waals surface area contributed by atoms with Crippen LogP contribution >= 0.6 is 11.3 Å². The first-order valence-corrected chi connectivity index (χ1v) is 8.06. The third kappa shape index (κ3) is 3.39. The van der Waals surface area contributed by atoms with Crippen LogP contribution in [0.1, 0.15) is 0 Å². The smallest absolute Gasteiger partial charge is 0.270 e. The second-order valence-electron chi connectivity index (χ2n) is 4.95. The first kappa shape index (κ1) is 16.7. The third-order valence-electron chi connectivity index (χ3n) is 3.42. The maximum Gasteiger partial charge on any atom is 0.270 e.